The van der Waals surface area contributed by atoms with Gasteiger partial charge in [-0.2, -0.15) is 10.4 Å². The van der Waals surface area contributed by atoms with E-state index in [1.54, 1.807) is 49.4 Å². The van der Waals surface area contributed by atoms with Gasteiger partial charge in [-0.05, 0) is 23.8 Å². The van der Waals surface area contributed by atoms with Crippen LogP contribution in [0.5, 0.6) is 0 Å². The van der Waals surface area contributed by atoms with E-state index >= 15 is 0 Å². The molecule has 0 aliphatic rings. The van der Waals surface area contributed by atoms with Gasteiger partial charge >= 0.3 is 0 Å². The number of carbonyl (C=O) groups excluding carboxylic acids is 1. The molecule has 0 fully saturated rings. The second-order valence-electron chi connectivity index (χ2n) is 4.56. The summed E-state index contributed by atoms with van der Waals surface area (Å²) in [5, 5.41) is 13.6. The summed E-state index contributed by atoms with van der Waals surface area (Å²) >= 11 is 5.97. The molecule has 0 aliphatic carbocycles. The number of nitriles is 1. The van der Waals surface area contributed by atoms with Gasteiger partial charge in [0.15, 0.2) is 0 Å². The molecule has 2 rings (SSSR count). The average Bonchev–Trinajstić information content (AvgIpc) is 2.86. The molecule has 1 aromatic carbocycles. The maximum Gasteiger partial charge on any atom is 0.243 e. The van der Waals surface area contributed by atoms with Crippen LogP contribution in [0.15, 0.2) is 30.6 Å². The molecular formula is C14H13ClN4O. The molecule has 0 saturated heterocycles. The van der Waals surface area contributed by atoms with Crippen LogP contribution in [0.3, 0.4) is 0 Å². The van der Waals surface area contributed by atoms with Gasteiger partial charge in [0.05, 0.1) is 17.8 Å². The molecule has 0 bridgehead atoms. The summed E-state index contributed by atoms with van der Waals surface area (Å²) in [7, 11) is 3.39. The van der Waals surface area contributed by atoms with Crippen molar-refractivity contribution in [1.29, 1.82) is 5.26 Å². The van der Waals surface area contributed by atoms with Crippen LogP contribution in [-0.4, -0.2) is 34.7 Å². The van der Waals surface area contributed by atoms with Crippen molar-refractivity contribution in [1.82, 2.24) is 14.7 Å². The maximum atomic E-state index is 11.6. The molecule has 102 valence electrons. The molecule has 20 heavy (non-hydrogen) atoms. The Balaban J connectivity index is 2.27. The first kappa shape index (κ1) is 14.1. The summed E-state index contributed by atoms with van der Waals surface area (Å²) in [5.74, 6) is -0.0385. The lowest BCUT2D eigenvalue weighted by Gasteiger charge is -2.09. The van der Waals surface area contributed by atoms with Crippen molar-refractivity contribution in [2.24, 2.45) is 0 Å². The molecule has 0 aliphatic heterocycles. The Morgan fingerprint density at radius 2 is 2.15 bits per heavy atom. The van der Waals surface area contributed by atoms with E-state index in [2.05, 4.69) is 11.2 Å². The van der Waals surface area contributed by atoms with Crippen LogP contribution in [0, 0.1) is 11.3 Å². The highest BCUT2D eigenvalue weighted by atomic mass is 35.5. The van der Waals surface area contributed by atoms with Crippen LogP contribution in [0.25, 0.3) is 11.1 Å². The molecule has 0 unspecified atom stereocenters. The maximum absolute atomic E-state index is 11.6. The number of hydrogen-bond donors (Lipinski definition) is 0. The molecule has 0 radical (unpaired) electrons. The predicted octanol–water partition coefficient (Wildman–Crippen LogP) is 2.16. The summed E-state index contributed by atoms with van der Waals surface area (Å²) in [6.07, 6.45) is 3.41. The van der Waals surface area contributed by atoms with Crippen LogP contribution in [0.4, 0.5) is 0 Å². The number of aromatic nitrogens is 2. The van der Waals surface area contributed by atoms with Crippen molar-refractivity contribution < 1.29 is 4.79 Å². The second kappa shape index (κ2) is 5.76. The molecule has 0 saturated carbocycles. The number of halogens is 1. The van der Waals surface area contributed by atoms with E-state index in [1.165, 1.54) is 4.90 Å². The first-order valence-electron chi connectivity index (χ1n) is 5.93. The molecule has 2 aromatic rings. The number of hydrogen-bond acceptors (Lipinski definition) is 3. The van der Waals surface area contributed by atoms with Crippen molar-refractivity contribution in [2.45, 2.75) is 6.54 Å². The van der Waals surface area contributed by atoms with Crippen LogP contribution >= 0.6 is 11.6 Å². The summed E-state index contributed by atoms with van der Waals surface area (Å²) < 4.78 is 1.56. The fraction of sp³-hybridized carbons (Fsp3) is 0.214. The third kappa shape index (κ3) is 3.16. The number of benzene rings is 1. The van der Waals surface area contributed by atoms with Crippen LogP contribution < -0.4 is 0 Å². The zero-order chi connectivity index (χ0) is 14.7. The van der Waals surface area contributed by atoms with Crippen molar-refractivity contribution in [3.63, 3.8) is 0 Å². The molecule has 0 spiro atoms. The minimum Gasteiger partial charge on any atom is -0.347 e. The largest absolute Gasteiger partial charge is 0.347 e. The number of amides is 1. The summed E-state index contributed by atoms with van der Waals surface area (Å²) in [4.78, 5) is 13.1. The quantitative estimate of drug-likeness (QED) is 0.869. The highest BCUT2D eigenvalue weighted by molar-refractivity contribution is 6.31. The Bertz CT molecular complexity index is 685. The monoisotopic (exact) mass is 288 g/mol. The summed E-state index contributed by atoms with van der Waals surface area (Å²) in [6.45, 7) is 0.179. The number of rotatable bonds is 3. The van der Waals surface area contributed by atoms with Crippen LogP contribution in [-0.2, 0) is 11.3 Å². The molecule has 1 amide bonds. The first-order chi connectivity index (χ1) is 9.49. The van der Waals surface area contributed by atoms with E-state index in [-0.39, 0.29) is 12.5 Å². The van der Waals surface area contributed by atoms with Gasteiger partial charge < -0.3 is 4.90 Å². The topological polar surface area (TPSA) is 61.9 Å². The van der Waals surface area contributed by atoms with Crippen LogP contribution in [0.2, 0.25) is 5.02 Å². The Morgan fingerprint density at radius 1 is 1.40 bits per heavy atom. The highest BCUT2D eigenvalue weighted by Crippen LogP contribution is 2.24. The fourth-order valence-corrected chi connectivity index (χ4v) is 1.94. The normalized spacial score (nSPS) is 10.1. The third-order valence-corrected chi connectivity index (χ3v) is 3.01. The molecule has 1 heterocycles. The highest BCUT2D eigenvalue weighted by Gasteiger charge is 2.08. The number of carbonyl (C=O) groups is 1. The predicted molar refractivity (Wildman–Crippen MR) is 76.1 cm³/mol. The lowest BCUT2D eigenvalue weighted by atomic mass is 10.1. The van der Waals surface area contributed by atoms with Gasteiger partial charge in [0, 0.05) is 30.9 Å². The minimum atomic E-state index is -0.0385. The third-order valence-electron chi connectivity index (χ3n) is 2.79. The average molecular weight is 289 g/mol. The molecule has 1 aromatic heterocycles. The SMILES string of the molecule is CN(C)C(=O)Cn1cc(-c2cc(Cl)cc(C#N)c2)cn1. The summed E-state index contributed by atoms with van der Waals surface area (Å²) in [6, 6.07) is 7.16. The minimum absolute atomic E-state index is 0.0385. The van der Waals surface area contributed by atoms with Crippen molar-refractivity contribution >= 4 is 17.5 Å². The molecule has 0 atom stereocenters. The lowest BCUT2D eigenvalue weighted by molar-refractivity contribution is -0.129. The fourth-order valence-electron chi connectivity index (χ4n) is 1.70. The first-order valence-corrected chi connectivity index (χ1v) is 6.31. The van der Waals surface area contributed by atoms with E-state index in [0.29, 0.717) is 10.6 Å². The molecule has 6 heteroatoms. The van der Waals surface area contributed by atoms with Gasteiger partial charge in [0.25, 0.3) is 0 Å². The van der Waals surface area contributed by atoms with Crippen molar-refractivity contribution in [2.75, 3.05) is 14.1 Å². The van der Waals surface area contributed by atoms with Gasteiger partial charge in [0.2, 0.25) is 5.91 Å². The van der Waals surface area contributed by atoms with Crippen LogP contribution in [0.1, 0.15) is 5.56 Å². The second-order valence-corrected chi connectivity index (χ2v) is 4.99. The van der Waals surface area contributed by atoms with Crippen molar-refractivity contribution in [3.8, 4) is 17.2 Å². The van der Waals surface area contributed by atoms with Gasteiger partial charge in [0.1, 0.15) is 6.54 Å². The Hall–Kier alpha value is -2.32. The smallest absolute Gasteiger partial charge is 0.243 e. The zero-order valence-electron chi connectivity index (χ0n) is 11.2. The van der Waals surface area contributed by atoms with Gasteiger partial charge in [-0.25, -0.2) is 0 Å². The Kier molecular flexibility index (Phi) is 4.06. The summed E-state index contributed by atoms with van der Waals surface area (Å²) in [5.41, 5.74) is 2.11. The Labute approximate surface area is 122 Å². The van der Waals surface area contributed by atoms with Gasteiger partial charge in [-0.15, -0.1) is 0 Å². The number of likely N-dealkylation sites (N-methyl/N-ethyl adjacent to an activating group) is 1. The Morgan fingerprint density at radius 3 is 2.80 bits per heavy atom. The van der Waals surface area contributed by atoms with E-state index in [4.69, 9.17) is 16.9 Å². The zero-order valence-corrected chi connectivity index (χ0v) is 11.9. The van der Waals surface area contributed by atoms with E-state index in [1.807, 2.05) is 0 Å². The van der Waals surface area contributed by atoms with E-state index < -0.39 is 0 Å². The van der Waals surface area contributed by atoms with Gasteiger partial charge in [-0.3, -0.25) is 9.48 Å². The molecule has 0 N–H and O–H groups in total. The van der Waals surface area contributed by atoms with E-state index in [0.717, 1.165) is 11.1 Å². The number of nitrogens with zero attached hydrogens (tertiary/aromatic N) is 4. The molecule has 5 nitrogen and oxygen atoms in total. The lowest BCUT2D eigenvalue weighted by Crippen LogP contribution is -2.26. The molecular weight excluding hydrogens is 276 g/mol. The standard InChI is InChI=1S/C14H13ClN4O/c1-18(2)14(20)9-19-8-12(7-17-19)11-3-10(6-16)4-13(15)5-11/h3-5,7-8H,9H2,1-2H3. The van der Waals surface area contributed by atoms with E-state index in [9.17, 15) is 4.79 Å². The van der Waals surface area contributed by atoms with Gasteiger partial charge in [-0.1, -0.05) is 11.6 Å². The van der Waals surface area contributed by atoms with Crippen molar-refractivity contribution in [3.05, 3.63) is 41.2 Å².